The van der Waals surface area contributed by atoms with Gasteiger partial charge in [-0.15, -0.1) is 0 Å². The molecule has 0 radical (unpaired) electrons. The molecule has 2 aromatic rings. The summed E-state index contributed by atoms with van der Waals surface area (Å²) in [5, 5.41) is 7.54. The van der Waals surface area contributed by atoms with Gasteiger partial charge >= 0.3 is 0 Å². The maximum absolute atomic E-state index is 7.54. The molecular weight excluding hydrogens is 236 g/mol. The number of nitrogens with one attached hydrogen (secondary N) is 1. The van der Waals surface area contributed by atoms with Crippen LogP contribution in [0.1, 0.15) is 17.2 Å². The van der Waals surface area contributed by atoms with E-state index in [0.717, 1.165) is 22.6 Å². The molecule has 3 nitrogen and oxygen atoms in total. The van der Waals surface area contributed by atoms with Gasteiger partial charge in [-0.2, -0.15) is 0 Å². The van der Waals surface area contributed by atoms with E-state index in [0.29, 0.717) is 5.71 Å². The Kier molecular flexibility index (Phi) is 2.88. The van der Waals surface area contributed by atoms with Crippen molar-refractivity contribution in [2.45, 2.75) is 13.0 Å². The van der Waals surface area contributed by atoms with Crippen molar-refractivity contribution in [1.82, 2.24) is 0 Å². The standard InChI is InChI=1S/C16H14N2O/c1-11-7-8-15-13(9-11)18-14(10-17)16(19-15)12-5-3-2-4-6-12/h2-10,16-17H,1H3. The summed E-state index contributed by atoms with van der Waals surface area (Å²) in [5.74, 6) is 0.769. The van der Waals surface area contributed by atoms with E-state index in [1.54, 1.807) is 0 Å². The van der Waals surface area contributed by atoms with Gasteiger partial charge < -0.3 is 10.1 Å². The van der Waals surface area contributed by atoms with Crippen LogP contribution in [0.5, 0.6) is 5.75 Å². The fraction of sp³-hybridized carbons (Fsp3) is 0.125. The maximum atomic E-state index is 7.54. The van der Waals surface area contributed by atoms with E-state index < -0.39 is 0 Å². The molecule has 0 saturated carbocycles. The molecule has 19 heavy (non-hydrogen) atoms. The zero-order chi connectivity index (χ0) is 13.2. The molecule has 2 aromatic carbocycles. The van der Waals surface area contributed by atoms with Crippen molar-refractivity contribution in [3.63, 3.8) is 0 Å². The lowest BCUT2D eigenvalue weighted by atomic mass is 10.0. The van der Waals surface area contributed by atoms with Crippen LogP contribution in [0.4, 0.5) is 5.69 Å². The lowest BCUT2D eigenvalue weighted by molar-refractivity contribution is 0.272. The van der Waals surface area contributed by atoms with Crippen molar-refractivity contribution in [3.8, 4) is 5.75 Å². The topological polar surface area (TPSA) is 45.4 Å². The molecular formula is C16H14N2O. The highest BCUT2D eigenvalue weighted by Crippen LogP contribution is 2.37. The summed E-state index contributed by atoms with van der Waals surface area (Å²) in [5.41, 5.74) is 3.57. The Balaban J connectivity index is 2.07. The highest BCUT2D eigenvalue weighted by atomic mass is 16.5. The second-order valence-corrected chi connectivity index (χ2v) is 4.56. The van der Waals surface area contributed by atoms with Crippen LogP contribution in [0.3, 0.4) is 0 Å². The quantitative estimate of drug-likeness (QED) is 0.808. The van der Waals surface area contributed by atoms with Gasteiger partial charge in [0.2, 0.25) is 0 Å². The fourth-order valence-electron chi connectivity index (χ4n) is 2.17. The molecule has 0 spiro atoms. The summed E-state index contributed by atoms with van der Waals surface area (Å²) in [6.07, 6.45) is 0.969. The summed E-state index contributed by atoms with van der Waals surface area (Å²) in [7, 11) is 0. The van der Waals surface area contributed by atoms with Crippen molar-refractivity contribution in [1.29, 1.82) is 5.41 Å². The molecule has 3 rings (SSSR count). The van der Waals surface area contributed by atoms with Gasteiger partial charge in [0.15, 0.2) is 6.10 Å². The van der Waals surface area contributed by atoms with E-state index in [-0.39, 0.29) is 6.10 Å². The number of aryl methyl sites for hydroxylation is 1. The fourth-order valence-corrected chi connectivity index (χ4v) is 2.17. The third-order valence-electron chi connectivity index (χ3n) is 3.13. The van der Waals surface area contributed by atoms with E-state index in [1.165, 1.54) is 6.21 Å². The van der Waals surface area contributed by atoms with Crippen molar-refractivity contribution >= 4 is 17.6 Å². The van der Waals surface area contributed by atoms with Crippen molar-refractivity contribution in [2.75, 3.05) is 0 Å². The number of benzene rings is 2. The minimum atomic E-state index is -0.297. The summed E-state index contributed by atoms with van der Waals surface area (Å²) in [6, 6.07) is 15.8. The van der Waals surface area contributed by atoms with Gasteiger partial charge in [0.25, 0.3) is 0 Å². The number of nitrogens with zero attached hydrogens (tertiary/aromatic N) is 1. The van der Waals surface area contributed by atoms with Gasteiger partial charge in [0.05, 0.1) is 0 Å². The van der Waals surface area contributed by atoms with E-state index in [9.17, 15) is 0 Å². The van der Waals surface area contributed by atoms with Gasteiger partial charge in [-0.3, -0.25) is 0 Å². The van der Waals surface area contributed by atoms with Crippen LogP contribution >= 0.6 is 0 Å². The Bertz CT molecular complexity index is 647. The molecule has 0 fully saturated rings. The first-order valence-corrected chi connectivity index (χ1v) is 6.19. The average molecular weight is 250 g/mol. The molecule has 1 N–H and O–H groups in total. The van der Waals surface area contributed by atoms with Crippen LogP contribution in [0, 0.1) is 12.3 Å². The molecule has 94 valence electrons. The van der Waals surface area contributed by atoms with Crippen LogP contribution in [-0.4, -0.2) is 11.9 Å². The molecule has 1 heterocycles. The van der Waals surface area contributed by atoms with Crippen LogP contribution < -0.4 is 4.74 Å². The predicted octanol–water partition coefficient (Wildman–Crippen LogP) is 3.85. The van der Waals surface area contributed by atoms with Gasteiger partial charge in [-0.25, -0.2) is 4.99 Å². The number of ether oxygens (including phenoxy) is 1. The smallest absolute Gasteiger partial charge is 0.167 e. The Hall–Kier alpha value is -2.42. The minimum Gasteiger partial charge on any atom is -0.477 e. The lowest BCUT2D eigenvalue weighted by Gasteiger charge is -2.24. The van der Waals surface area contributed by atoms with Crippen molar-refractivity contribution in [2.24, 2.45) is 4.99 Å². The molecule has 1 unspecified atom stereocenters. The Morgan fingerprint density at radius 1 is 1.16 bits per heavy atom. The first-order chi connectivity index (χ1) is 9.28. The number of rotatable bonds is 2. The Labute approximate surface area is 112 Å². The first-order valence-electron chi connectivity index (χ1n) is 6.19. The van der Waals surface area contributed by atoms with E-state index in [1.807, 2.05) is 55.5 Å². The van der Waals surface area contributed by atoms with Gasteiger partial charge in [0.1, 0.15) is 17.1 Å². The molecule has 0 amide bonds. The SMILES string of the molecule is Cc1ccc2c(c1)N=C(C=N)C(c1ccccc1)O2. The summed E-state index contributed by atoms with van der Waals surface area (Å²) >= 11 is 0. The monoisotopic (exact) mass is 250 g/mol. The first kappa shape index (κ1) is 11.7. The molecule has 1 atom stereocenters. The highest BCUT2D eigenvalue weighted by molar-refractivity contribution is 6.32. The van der Waals surface area contributed by atoms with Crippen LogP contribution in [0.15, 0.2) is 53.5 Å². The van der Waals surface area contributed by atoms with E-state index in [4.69, 9.17) is 10.1 Å². The summed E-state index contributed by atoms with van der Waals surface area (Å²) in [4.78, 5) is 4.53. The van der Waals surface area contributed by atoms with Crippen LogP contribution in [-0.2, 0) is 0 Å². The second kappa shape index (κ2) is 4.69. The Morgan fingerprint density at radius 2 is 1.95 bits per heavy atom. The third-order valence-corrected chi connectivity index (χ3v) is 3.13. The van der Waals surface area contributed by atoms with Gasteiger partial charge in [0, 0.05) is 6.21 Å². The van der Waals surface area contributed by atoms with Crippen LogP contribution in [0.2, 0.25) is 0 Å². The largest absolute Gasteiger partial charge is 0.477 e. The Morgan fingerprint density at radius 3 is 2.68 bits per heavy atom. The van der Waals surface area contributed by atoms with E-state index >= 15 is 0 Å². The van der Waals surface area contributed by atoms with Gasteiger partial charge in [-0.05, 0) is 30.2 Å². The minimum absolute atomic E-state index is 0.297. The molecule has 0 aromatic heterocycles. The predicted molar refractivity (Wildman–Crippen MR) is 76.9 cm³/mol. The van der Waals surface area contributed by atoms with Crippen molar-refractivity contribution < 1.29 is 4.74 Å². The maximum Gasteiger partial charge on any atom is 0.167 e. The molecule has 0 saturated heterocycles. The number of fused-ring (bicyclic) bond motifs is 1. The molecule has 0 bridgehead atoms. The zero-order valence-corrected chi connectivity index (χ0v) is 10.6. The molecule has 0 aliphatic carbocycles. The van der Waals surface area contributed by atoms with E-state index in [2.05, 4.69) is 4.99 Å². The van der Waals surface area contributed by atoms with Crippen LogP contribution in [0.25, 0.3) is 0 Å². The summed E-state index contributed by atoms with van der Waals surface area (Å²) in [6.45, 7) is 2.02. The molecule has 1 aliphatic heterocycles. The normalized spacial score (nSPS) is 17.1. The lowest BCUT2D eigenvalue weighted by Crippen LogP contribution is -2.22. The second-order valence-electron chi connectivity index (χ2n) is 4.56. The third kappa shape index (κ3) is 2.15. The summed E-state index contributed by atoms with van der Waals surface area (Å²) < 4.78 is 5.99. The zero-order valence-electron chi connectivity index (χ0n) is 10.6. The van der Waals surface area contributed by atoms with Crippen molar-refractivity contribution in [3.05, 3.63) is 59.7 Å². The average Bonchev–Trinajstić information content (AvgIpc) is 2.46. The highest BCUT2D eigenvalue weighted by Gasteiger charge is 2.24. The number of hydrogen-bond acceptors (Lipinski definition) is 3. The molecule has 3 heteroatoms. The number of hydrogen-bond donors (Lipinski definition) is 1. The van der Waals surface area contributed by atoms with Gasteiger partial charge in [-0.1, -0.05) is 36.4 Å². The molecule has 1 aliphatic rings. The number of aliphatic imine (C=N–C) groups is 1.